The number of nitrogens with zero attached hydrogens (tertiary/aromatic N) is 3. The van der Waals surface area contributed by atoms with E-state index in [1.54, 1.807) is 6.20 Å². The van der Waals surface area contributed by atoms with Gasteiger partial charge in [0.1, 0.15) is 0 Å². The van der Waals surface area contributed by atoms with E-state index in [9.17, 15) is 0 Å². The first kappa shape index (κ1) is 35.6. The first-order chi connectivity index (χ1) is 24.2. The molecule has 0 spiro atoms. The number of benzene rings is 4. The number of hydrogen-bond acceptors (Lipinski definition) is 4. The van der Waals surface area contributed by atoms with E-state index in [1.807, 2.05) is 60.8 Å². The molecule has 8 rings (SSSR count). The molecule has 4 nitrogen and oxygen atoms in total. The number of pyridine rings is 3. The monoisotopic (exact) mass is 842 g/mol. The number of fused-ring (bicyclic) bond motifs is 3. The van der Waals surface area contributed by atoms with E-state index in [0.29, 0.717) is 5.71 Å². The minimum Gasteiger partial charge on any atom is -0.486 e. The molecule has 5 heteroatoms. The zero-order valence-electron chi connectivity index (χ0n) is 29.7. The Morgan fingerprint density at radius 3 is 2.14 bits per heavy atom. The van der Waals surface area contributed by atoms with Gasteiger partial charge in [-0.15, -0.1) is 54.1 Å². The van der Waals surface area contributed by atoms with E-state index in [4.69, 9.17) is 14.4 Å². The molecule has 0 unspecified atom stereocenters. The van der Waals surface area contributed by atoms with Crippen molar-refractivity contribution < 1.29 is 24.5 Å². The quantitative estimate of drug-likeness (QED) is 0.166. The van der Waals surface area contributed by atoms with Gasteiger partial charge >= 0.3 is 0 Å². The molecule has 1 radical (unpaired) electrons. The Morgan fingerprint density at radius 1 is 0.647 bits per heavy atom. The Bertz CT molecular complexity index is 2390. The zero-order chi connectivity index (χ0) is 34.8. The molecule has 0 aliphatic carbocycles. The van der Waals surface area contributed by atoms with Gasteiger partial charge in [-0.3, -0.25) is 0 Å². The van der Waals surface area contributed by atoms with Crippen molar-refractivity contribution in [2.75, 3.05) is 0 Å². The first-order valence-corrected chi connectivity index (χ1v) is 16.9. The van der Waals surface area contributed by atoms with Crippen LogP contribution in [0, 0.1) is 32.9 Å². The molecule has 51 heavy (non-hydrogen) atoms. The number of furan rings is 1. The van der Waals surface area contributed by atoms with Gasteiger partial charge in [-0.05, 0) is 83.6 Å². The third kappa shape index (κ3) is 7.32. The Balaban J connectivity index is 0.000000291. The molecule has 4 heterocycles. The molecule has 0 fully saturated rings. The van der Waals surface area contributed by atoms with Crippen LogP contribution in [0.1, 0.15) is 43.0 Å². The van der Waals surface area contributed by atoms with Crippen molar-refractivity contribution in [1.29, 1.82) is 0 Å². The summed E-state index contributed by atoms with van der Waals surface area (Å²) in [4.78, 5) is 14.1. The van der Waals surface area contributed by atoms with Crippen molar-refractivity contribution in [2.24, 2.45) is 0 Å². The predicted octanol–water partition coefficient (Wildman–Crippen LogP) is 11.9. The molecule has 8 aromatic rings. The molecular formula is C46H39IrN3O-2. The Labute approximate surface area is 314 Å². The Morgan fingerprint density at radius 2 is 1.43 bits per heavy atom. The maximum atomic E-state index is 6.45. The van der Waals surface area contributed by atoms with Gasteiger partial charge < -0.3 is 14.4 Å². The fourth-order valence-electron chi connectivity index (χ4n) is 6.68. The van der Waals surface area contributed by atoms with Gasteiger partial charge in [-0.25, -0.2) is 4.98 Å². The maximum Gasteiger partial charge on any atom is 0.216 e. The second-order valence-electron chi connectivity index (χ2n) is 13.7. The molecule has 0 N–H and O–H groups in total. The van der Waals surface area contributed by atoms with Crippen LogP contribution in [0.2, 0.25) is 0 Å². The van der Waals surface area contributed by atoms with Crippen molar-refractivity contribution in [1.82, 2.24) is 15.0 Å². The maximum absolute atomic E-state index is 6.45. The van der Waals surface area contributed by atoms with Gasteiger partial charge in [0, 0.05) is 43.4 Å². The van der Waals surface area contributed by atoms with Gasteiger partial charge in [0.2, 0.25) is 5.71 Å². The standard InChI is InChI=1S/C35H31N2O.C11H8N.Ir/c1-21-15-16-25(24-11-8-7-9-12-24)23(3)32(21)30-18-17-27-26-13-10-14-28(33(26)38-34(27)37-30)31-19-22(2)29(20-36-31)35(4,5)6;1-2-6-10(7-3-1)11-8-4-5-9-12-11;/h7-13,15-20H,1-6H3;1-6,8-9H;/q2*-1;. The minimum absolute atomic E-state index is 0. The number of aromatic nitrogens is 3. The van der Waals surface area contributed by atoms with E-state index < -0.39 is 0 Å². The Hall–Kier alpha value is -5.22. The number of rotatable bonds is 4. The van der Waals surface area contributed by atoms with E-state index in [0.717, 1.165) is 50.1 Å². The molecule has 4 aromatic carbocycles. The van der Waals surface area contributed by atoms with Gasteiger partial charge in [0.25, 0.3) is 0 Å². The third-order valence-electron chi connectivity index (χ3n) is 9.14. The summed E-state index contributed by atoms with van der Waals surface area (Å²) in [6, 6.07) is 45.5. The van der Waals surface area contributed by atoms with Gasteiger partial charge in [-0.1, -0.05) is 97.9 Å². The van der Waals surface area contributed by atoms with Crippen molar-refractivity contribution in [3.05, 3.63) is 162 Å². The van der Waals surface area contributed by atoms with Crippen LogP contribution in [0.4, 0.5) is 0 Å². The SMILES string of the molecule is Cc1cc(-c2[c-]ccc3c2oc2nc(-c4c(C)ccc(-c5ccccc5)c4C)ccc23)ncc1C(C)(C)C.[Ir].[c-]1ccccc1-c1ccccn1. The van der Waals surface area contributed by atoms with Crippen LogP contribution >= 0.6 is 0 Å². The van der Waals surface area contributed by atoms with Crippen molar-refractivity contribution in [3.63, 3.8) is 0 Å². The summed E-state index contributed by atoms with van der Waals surface area (Å²) in [5.74, 6) is 0. The fraction of sp³-hybridized carbons (Fsp3) is 0.152. The molecule has 0 saturated heterocycles. The average Bonchev–Trinajstić information content (AvgIpc) is 3.51. The average molecular weight is 842 g/mol. The molecule has 0 amide bonds. The van der Waals surface area contributed by atoms with Crippen LogP contribution in [0.5, 0.6) is 0 Å². The fourth-order valence-corrected chi connectivity index (χ4v) is 6.68. The summed E-state index contributed by atoms with van der Waals surface area (Å²) in [6.07, 6.45) is 3.78. The summed E-state index contributed by atoms with van der Waals surface area (Å²) in [5.41, 5.74) is 14.5. The second-order valence-corrected chi connectivity index (χ2v) is 13.7. The van der Waals surface area contributed by atoms with E-state index in [-0.39, 0.29) is 25.5 Å². The molecule has 0 aliphatic rings. The van der Waals surface area contributed by atoms with Crippen molar-refractivity contribution in [2.45, 2.75) is 47.0 Å². The molecule has 0 aliphatic heterocycles. The summed E-state index contributed by atoms with van der Waals surface area (Å²) < 4.78 is 6.45. The summed E-state index contributed by atoms with van der Waals surface area (Å²) in [6.45, 7) is 13.1. The van der Waals surface area contributed by atoms with Crippen LogP contribution in [0.25, 0.3) is 67.0 Å². The normalized spacial score (nSPS) is 11.2. The smallest absolute Gasteiger partial charge is 0.216 e. The van der Waals surface area contributed by atoms with Gasteiger partial charge in [0.15, 0.2) is 0 Å². The molecule has 0 saturated carbocycles. The second kappa shape index (κ2) is 14.9. The minimum atomic E-state index is 0. The van der Waals surface area contributed by atoms with Crippen LogP contribution in [0.3, 0.4) is 0 Å². The summed E-state index contributed by atoms with van der Waals surface area (Å²) >= 11 is 0. The van der Waals surface area contributed by atoms with Crippen LogP contribution in [-0.4, -0.2) is 15.0 Å². The van der Waals surface area contributed by atoms with Crippen LogP contribution < -0.4 is 0 Å². The predicted molar refractivity (Wildman–Crippen MR) is 206 cm³/mol. The van der Waals surface area contributed by atoms with Crippen LogP contribution in [-0.2, 0) is 25.5 Å². The van der Waals surface area contributed by atoms with Gasteiger partial charge in [-0.2, -0.15) is 0 Å². The summed E-state index contributed by atoms with van der Waals surface area (Å²) in [5, 5.41) is 2.02. The first-order valence-electron chi connectivity index (χ1n) is 16.9. The molecule has 0 bridgehead atoms. The van der Waals surface area contributed by atoms with Crippen molar-refractivity contribution >= 4 is 22.1 Å². The number of hydrogen-bond donors (Lipinski definition) is 0. The Kier molecular flexibility index (Phi) is 10.4. The van der Waals surface area contributed by atoms with E-state index >= 15 is 0 Å². The van der Waals surface area contributed by atoms with E-state index in [2.05, 4.69) is 119 Å². The van der Waals surface area contributed by atoms with Crippen LogP contribution in [0.15, 0.2) is 132 Å². The molecule has 4 aromatic heterocycles. The molecular weight excluding hydrogens is 803 g/mol. The molecule has 255 valence electrons. The largest absolute Gasteiger partial charge is 0.486 e. The van der Waals surface area contributed by atoms with E-state index in [1.165, 1.54) is 33.4 Å². The van der Waals surface area contributed by atoms with Gasteiger partial charge in [0.05, 0.1) is 11.3 Å². The topological polar surface area (TPSA) is 51.8 Å². The third-order valence-corrected chi connectivity index (χ3v) is 9.14. The zero-order valence-corrected chi connectivity index (χ0v) is 32.1. The number of aryl methyl sites for hydroxylation is 2. The summed E-state index contributed by atoms with van der Waals surface area (Å²) in [7, 11) is 0. The van der Waals surface area contributed by atoms with Crippen molar-refractivity contribution in [3.8, 4) is 44.9 Å². The molecule has 0 atom stereocenters.